The van der Waals surface area contributed by atoms with Gasteiger partial charge in [-0.3, -0.25) is 15.1 Å². The molecule has 0 radical (unpaired) electrons. The molecule has 0 bridgehead atoms. The number of H-pyrrole nitrogens is 1. The topological polar surface area (TPSA) is 110 Å². The molecule has 1 aromatic carbocycles. The molecule has 0 unspecified atom stereocenters. The number of benzene rings is 1. The number of methoxy groups -OCH3 is 1. The lowest BCUT2D eigenvalue weighted by molar-refractivity contribution is 0.168. The summed E-state index contributed by atoms with van der Waals surface area (Å²) in [4.78, 5) is 16.8. The number of aromatic amines is 1. The molecule has 2 amide bonds. The third kappa shape index (κ3) is 4.13. The van der Waals surface area contributed by atoms with Gasteiger partial charge in [0, 0.05) is 43.6 Å². The number of hydrogen-bond donors (Lipinski definition) is 3. The normalized spacial score (nSPS) is 12.1. The van der Waals surface area contributed by atoms with Crippen molar-refractivity contribution in [3.8, 4) is 11.3 Å². The zero-order chi connectivity index (χ0) is 21.1. The Labute approximate surface area is 171 Å². The van der Waals surface area contributed by atoms with Crippen LogP contribution in [0.4, 0.5) is 15.0 Å². The number of pyridine rings is 1. The van der Waals surface area contributed by atoms with E-state index in [2.05, 4.69) is 30.9 Å². The molecule has 3 N–H and O–H groups in total. The Bertz CT molecular complexity index is 1170. The first-order valence-electron chi connectivity index (χ1n) is 9.18. The van der Waals surface area contributed by atoms with Crippen LogP contribution < -0.4 is 10.6 Å². The van der Waals surface area contributed by atoms with Gasteiger partial charge in [0.05, 0.1) is 24.4 Å². The third-order valence-electron chi connectivity index (χ3n) is 4.58. The van der Waals surface area contributed by atoms with E-state index in [0.29, 0.717) is 5.82 Å². The van der Waals surface area contributed by atoms with Gasteiger partial charge in [-0.05, 0) is 17.7 Å². The zero-order valence-corrected chi connectivity index (χ0v) is 16.4. The van der Waals surface area contributed by atoms with E-state index in [1.54, 1.807) is 35.3 Å². The van der Waals surface area contributed by atoms with Crippen molar-refractivity contribution in [2.45, 2.75) is 6.04 Å². The predicted octanol–water partition coefficient (Wildman–Crippen LogP) is 3.01. The van der Waals surface area contributed by atoms with E-state index < -0.39 is 12.1 Å². The smallest absolute Gasteiger partial charge is 0.320 e. The number of hydrogen-bond acceptors (Lipinski definition) is 5. The minimum Gasteiger partial charge on any atom is -0.382 e. The van der Waals surface area contributed by atoms with E-state index in [-0.39, 0.29) is 12.4 Å². The SMILES string of the molecule is COC[C@@H](NC(=O)Nc1cc2[nH]nc(-c3cnn(C)c3)c2cn1)c1ccc(F)cc1. The van der Waals surface area contributed by atoms with E-state index in [1.165, 1.54) is 19.2 Å². The van der Waals surface area contributed by atoms with Crippen LogP contribution in [-0.4, -0.2) is 44.7 Å². The molecular weight excluding hydrogens is 389 g/mol. The van der Waals surface area contributed by atoms with E-state index >= 15 is 0 Å². The molecule has 9 nitrogen and oxygen atoms in total. The molecule has 0 saturated carbocycles. The summed E-state index contributed by atoms with van der Waals surface area (Å²) in [5.74, 6) is 0.0127. The van der Waals surface area contributed by atoms with Crippen molar-refractivity contribution in [3.63, 3.8) is 0 Å². The largest absolute Gasteiger partial charge is 0.382 e. The van der Waals surface area contributed by atoms with Crippen molar-refractivity contribution in [3.05, 3.63) is 60.3 Å². The predicted molar refractivity (Wildman–Crippen MR) is 109 cm³/mol. The van der Waals surface area contributed by atoms with E-state index in [0.717, 1.165) is 27.7 Å². The summed E-state index contributed by atoms with van der Waals surface area (Å²) in [5, 5.41) is 17.8. The molecule has 30 heavy (non-hydrogen) atoms. The number of nitrogens with zero attached hydrogens (tertiary/aromatic N) is 4. The molecule has 1 atom stereocenters. The second-order valence-electron chi connectivity index (χ2n) is 6.75. The molecule has 10 heteroatoms. The summed E-state index contributed by atoms with van der Waals surface area (Å²) in [6, 6.07) is 6.69. The molecule has 0 spiro atoms. The fourth-order valence-corrected chi connectivity index (χ4v) is 3.14. The molecular formula is C20H20FN7O2. The second kappa shape index (κ2) is 8.29. The maximum Gasteiger partial charge on any atom is 0.320 e. The van der Waals surface area contributed by atoms with Crippen LogP contribution in [0.2, 0.25) is 0 Å². The number of carbonyl (C=O) groups is 1. The lowest BCUT2D eigenvalue weighted by Crippen LogP contribution is -2.35. The van der Waals surface area contributed by atoms with E-state index in [4.69, 9.17) is 4.74 Å². The quantitative estimate of drug-likeness (QED) is 0.454. The van der Waals surface area contributed by atoms with Crippen molar-refractivity contribution in [1.82, 2.24) is 30.3 Å². The van der Waals surface area contributed by atoms with Gasteiger partial charge >= 0.3 is 6.03 Å². The molecule has 4 aromatic rings. The van der Waals surface area contributed by atoms with Crippen LogP contribution in [0.15, 0.2) is 48.9 Å². The van der Waals surface area contributed by atoms with Gasteiger partial charge in [0.15, 0.2) is 0 Å². The Balaban J connectivity index is 1.49. The van der Waals surface area contributed by atoms with Crippen LogP contribution in [0, 0.1) is 5.82 Å². The van der Waals surface area contributed by atoms with Crippen molar-refractivity contribution in [2.24, 2.45) is 7.05 Å². The minimum absolute atomic E-state index is 0.237. The number of aryl methyl sites for hydroxylation is 1. The van der Waals surface area contributed by atoms with Crippen LogP contribution in [0.3, 0.4) is 0 Å². The number of urea groups is 1. The zero-order valence-electron chi connectivity index (χ0n) is 16.4. The summed E-state index contributed by atoms with van der Waals surface area (Å²) < 4.78 is 20.0. The fourth-order valence-electron chi connectivity index (χ4n) is 3.14. The van der Waals surface area contributed by atoms with Crippen molar-refractivity contribution >= 4 is 22.8 Å². The van der Waals surface area contributed by atoms with Gasteiger partial charge < -0.3 is 10.1 Å². The number of ether oxygens (including phenoxy) is 1. The Morgan fingerprint density at radius 2 is 2.10 bits per heavy atom. The molecule has 0 fully saturated rings. The van der Waals surface area contributed by atoms with Crippen molar-refractivity contribution in [1.29, 1.82) is 0 Å². The highest BCUT2D eigenvalue weighted by molar-refractivity contribution is 5.95. The Kier molecular flexibility index (Phi) is 5.40. The number of anilines is 1. The summed E-state index contributed by atoms with van der Waals surface area (Å²) in [6.07, 6.45) is 5.23. The Hall–Kier alpha value is -3.79. The van der Waals surface area contributed by atoms with Crippen LogP contribution in [0.1, 0.15) is 11.6 Å². The maximum atomic E-state index is 13.2. The van der Waals surface area contributed by atoms with Gasteiger partial charge in [0.2, 0.25) is 0 Å². The van der Waals surface area contributed by atoms with Crippen LogP contribution in [-0.2, 0) is 11.8 Å². The lowest BCUT2D eigenvalue weighted by Gasteiger charge is -2.18. The Morgan fingerprint density at radius 1 is 1.30 bits per heavy atom. The molecule has 0 aliphatic rings. The highest BCUT2D eigenvalue weighted by atomic mass is 19.1. The van der Waals surface area contributed by atoms with Crippen molar-refractivity contribution in [2.75, 3.05) is 19.0 Å². The first kappa shape index (κ1) is 19.5. The van der Waals surface area contributed by atoms with Gasteiger partial charge in [-0.15, -0.1) is 0 Å². The highest BCUT2D eigenvalue weighted by Crippen LogP contribution is 2.26. The van der Waals surface area contributed by atoms with Gasteiger partial charge in [-0.25, -0.2) is 14.2 Å². The highest BCUT2D eigenvalue weighted by Gasteiger charge is 2.16. The van der Waals surface area contributed by atoms with Gasteiger partial charge in [0.1, 0.15) is 17.3 Å². The third-order valence-corrected chi connectivity index (χ3v) is 4.58. The standard InChI is InChI=1S/C20H20FN7O2/c1-28-10-13(8-23-28)19-15-9-22-18(7-16(15)26-27-19)25-20(29)24-17(11-30-2)12-3-5-14(21)6-4-12/h3-10,17H,11H2,1-2H3,(H,26,27)(H2,22,24,25,29)/t17-/m1/s1. The number of fused-ring (bicyclic) bond motifs is 1. The Morgan fingerprint density at radius 3 is 2.80 bits per heavy atom. The van der Waals surface area contributed by atoms with Crippen LogP contribution in [0.5, 0.6) is 0 Å². The van der Waals surface area contributed by atoms with Gasteiger partial charge in [-0.1, -0.05) is 12.1 Å². The molecule has 154 valence electrons. The molecule has 3 aromatic heterocycles. The number of amides is 2. The lowest BCUT2D eigenvalue weighted by atomic mass is 10.1. The monoisotopic (exact) mass is 409 g/mol. The molecule has 0 aliphatic heterocycles. The summed E-state index contributed by atoms with van der Waals surface area (Å²) in [7, 11) is 3.36. The average Bonchev–Trinajstić information content (AvgIpc) is 3.34. The fraction of sp³-hybridized carbons (Fsp3) is 0.200. The number of aromatic nitrogens is 5. The maximum absolute atomic E-state index is 13.2. The summed E-state index contributed by atoms with van der Waals surface area (Å²) in [6.45, 7) is 0.237. The molecule has 3 heterocycles. The minimum atomic E-state index is -0.458. The summed E-state index contributed by atoms with van der Waals surface area (Å²) >= 11 is 0. The number of carbonyl (C=O) groups excluding carboxylic acids is 1. The molecule has 4 rings (SSSR count). The number of halogens is 1. The average molecular weight is 409 g/mol. The van der Waals surface area contributed by atoms with E-state index in [1.807, 2.05) is 13.2 Å². The van der Waals surface area contributed by atoms with Gasteiger partial charge in [0.25, 0.3) is 0 Å². The first-order valence-corrected chi connectivity index (χ1v) is 9.18. The molecule has 0 saturated heterocycles. The van der Waals surface area contributed by atoms with Gasteiger partial charge in [-0.2, -0.15) is 10.2 Å². The van der Waals surface area contributed by atoms with E-state index in [9.17, 15) is 9.18 Å². The molecule has 0 aliphatic carbocycles. The summed E-state index contributed by atoms with van der Waals surface area (Å²) in [5.41, 5.74) is 3.06. The number of rotatable bonds is 6. The van der Waals surface area contributed by atoms with Crippen molar-refractivity contribution < 1.29 is 13.9 Å². The van der Waals surface area contributed by atoms with Crippen LogP contribution >= 0.6 is 0 Å². The first-order chi connectivity index (χ1) is 14.5. The number of nitrogens with one attached hydrogen (secondary N) is 3. The van der Waals surface area contributed by atoms with Crippen LogP contribution in [0.25, 0.3) is 22.2 Å². The second-order valence-corrected chi connectivity index (χ2v) is 6.75.